The van der Waals surface area contributed by atoms with E-state index in [1.807, 2.05) is 29.2 Å². The van der Waals surface area contributed by atoms with E-state index in [4.69, 9.17) is 9.47 Å². The Kier molecular flexibility index (Phi) is 4.40. The van der Waals surface area contributed by atoms with Crippen molar-refractivity contribution in [2.75, 3.05) is 13.3 Å². The lowest BCUT2D eigenvalue weighted by molar-refractivity contribution is 0.174. The molecule has 1 atom stereocenters. The number of hydrogen-bond donors (Lipinski definition) is 1. The van der Waals surface area contributed by atoms with Crippen LogP contribution in [0.4, 0.5) is 0 Å². The smallest absolute Gasteiger partial charge is 0.231 e. The van der Waals surface area contributed by atoms with Gasteiger partial charge in [-0.2, -0.15) is 5.10 Å². The van der Waals surface area contributed by atoms with Gasteiger partial charge in [0.15, 0.2) is 11.5 Å². The van der Waals surface area contributed by atoms with Gasteiger partial charge in [0.25, 0.3) is 0 Å². The van der Waals surface area contributed by atoms with Crippen molar-refractivity contribution in [3.63, 3.8) is 0 Å². The number of rotatable bonds is 7. The fourth-order valence-electron chi connectivity index (χ4n) is 2.44. The van der Waals surface area contributed by atoms with Gasteiger partial charge in [-0.15, -0.1) is 0 Å². The van der Waals surface area contributed by atoms with Crippen molar-refractivity contribution < 1.29 is 9.47 Å². The lowest BCUT2D eigenvalue weighted by Gasteiger charge is -2.14. The maximum Gasteiger partial charge on any atom is 0.231 e. The molecule has 0 radical (unpaired) electrons. The van der Waals surface area contributed by atoms with Crippen LogP contribution < -0.4 is 14.8 Å². The van der Waals surface area contributed by atoms with Crippen LogP contribution in [0, 0.1) is 0 Å². The van der Waals surface area contributed by atoms with Crippen LogP contribution in [0.2, 0.25) is 0 Å². The summed E-state index contributed by atoms with van der Waals surface area (Å²) in [5.41, 5.74) is 1.29. The molecule has 5 heteroatoms. The molecule has 21 heavy (non-hydrogen) atoms. The van der Waals surface area contributed by atoms with Crippen molar-refractivity contribution in [3.05, 3.63) is 42.2 Å². The van der Waals surface area contributed by atoms with Gasteiger partial charge < -0.3 is 14.8 Å². The Morgan fingerprint density at radius 2 is 2.24 bits per heavy atom. The van der Waals surface area contributed by atoms with Crippen LogP contribution >= 0.6 is 0 Å². The third kappa shape index (κ3) is 3.76. The van der Waals surface area contributed by atoms with E-state index in [1.54, 1.807) is 0 Å². The average Bonchev–Trinajstić information content (AvgIpc) is 3.15. The van der Waals surface area contributed by atoms with Gasteiger partial charge in [0, 0.05) is 25.0 Å². The molecule has 1 aliphatic rings. The van der Waals surface area contributed by atoms with E-state index < -0.39 is 0 Å². The number of fused-ring (bicyclic) bond motifs is 1. The molecule has 2 aromatic rings. The van der Waals surface area contributed by atoms with Gasteiger partial charge in [-0.25, -0.2) is 0 Å². The first-order valence-electron chi connectivity index (χ1n) is 7.40. The van der Waals surface area contributed by atoms with Crippen LogP contribution in [0.5, 0.6) is 11.5 Å². The highest BCUT2D eigenvalue weighted by Gasteiger charge is 2.13. The minimum absolute atomic E-state index is 0.337. The Hall–Kier alpha value is -2.01. The topological polar surface area (TPSA) is 48.3 Å². The molecular weight excluding hydrogens is 266 g/mol. The van der Waals surface area contributed by atoms with Gasteiger partial charge in [-0.1, -0.05) is 6.07 Å². The van der Waals surface area contributed by atoms with Gasteiger partial charge in [-0.3, -0.25) is 4.68 Å². The second kappa shape index (κ2) is 6.63. The summed E-state index contributed by atoms with van der Waals surface area (Å²) < 4.78 is 12.7. The Morgan fingerprint density at radius 1 is 1.33 bits per heavy atom. The highest BCUT2D eigenvalue weighted by Crippen LogP contribution is 2.32. The molecular formula is C16H21N3O2. The van der Waals surface area contributed by atoms with Crippen LogP contribution in [0.3, 0.4) is 0 Å². The third-order valence-corrected chi connectivity index (χ3v) is 3.70. The highest BCUT2D eigenvalue weighted by atomic mass is 16.7. The van der Waals surface area contributed by atoms with Crippen LogP contribution in [0.15, 0.2) is 36.7 Å². The molecule has 0 amide bonds. The Balaban J connectivity index is 1.40. The number of nitrogens with zero attached hydrogens (tertiary/aromatic N) is 2. The van der Waals surface area contributed by atoms with Crippen molar-refractivity contribution in [3.8, 4) is 11.5 Å². The van der Waals surface area contributed by atoms with Crippen molar-refractivity contribution in [2.24, 2.45) is 0 Å². The third-order valence-electron chi connectivity index (χ3n) is 3.70. The molecule has 0 spiro atoms. The fourth-order valence-corrected chi connectivity index (χ4v) is 2.44. The number of hydrogen-bond acceptors (Lipinski definition) is 4. The minimum Gasteiger partial charge on any atom is -0.454 e. The first-order valence-corrected chi connectivity index (χ1v) is 7.40. The average molecular weight is 287 g/mol. The lowest BCUT2D eigenvalue weighted by Crippen LogP contribution is -2.29. The zero-order valence-corrected chi connectivity index (χ0v) is 12.3. The number of aryl methyl sites for hydroxylation is 1. The zero-order valence-electron chi connectivity index (χ0n) is 12.3. The van der Waals surface area contributed by atoms with Gasteiger partial charge >= 0.3 is 0 Å². The van der Waals surface area contributed by atoms with Crippen LogP contribution in [-0.4, -0.2) is 29.2 Å². The number of ether oxygens (including phenoxy) is 2. The molecule has 0 saturated heterocycles. The summed E-state index contributed by atoms with van der Waals surface area (Å²) in [6.45, 7) is 4.39. The molecule has 112 valence electrons. The molecule has 0 fully saturated rings. The molecule has 3 rings (SSSR count). The highest BCUT2D eigenvalue weighted by molar-refractivity contribution is 5.44. The monoisotopic (exact) mass is 287 g/mol. The maximum absolute atomic E-state index is 5.40. The van der Waals surface area contributed by atoms with Crippen LogP contribution in [0.1, 0.15) is 18.9 Å². The van der Waals surface area contributed by atoms with Gasteiger partial charge in [0.2, 0.25) is 6.79 Å². The molecule has 1 aliphatic heterocycles. The van der Waals surface area contributed by atoms with E-state index in [0.717, 1.165) is 37.4 Å². The summed E-state index contributed by atoms with van der Waals surface area (Å²) in [6, 6.07) is 8.62. The second-order valence-electron chi connectivity index (χ2n) is 5.35. The van der Waals surface area contributed by atoms with Crippen molar-refractivity contribution >= 4 is 0 Å². The summed E-state index contributed by atoms with van der Waals surface area (Å²) in [6.07, 6.45) is 5.92. The van der Waals surface area contributed by atoms with Gasteiger partial charge in [0.05, 0.1) is 6.54 Å². The molecule has 0 aliphatic carbocycles. The number of nitrogens with one attached hydrogen (secondary N) is 1. The quantitative estimate of drug-likeness (QED) is 0.848. The zero-order chi connectivity index (χ0) is 14.5. The van der Waals surface area contributed by atoms with E-state index in [-0.39, 0.29) is 0 Å². The molecule has 2 heterocycles. The molecule has 0 bridgehead atoms. The largest absolute Gasteiger partial charge is 0.454 e. The van der Waals surface area contributed by atoms with Crippen LogP contribution in [0.25, 0.3) is 0 Å². The second-order valence-corrected chi connectivity index (χ2v) is 5.35. The Morgan fingerprint density at radius 3 is 3.10 bits per heavy atom. The predicted molar refractivity (Wildman–Crippen MR) is 80.6 cm³/mol. The molecule has 0 saturated carbocycles. The van der Waals surface area contributed by atoms with E-state index in [2.05, 4.69) is 29.5 Å². The van der Waals surface area contributed by atoms with Gasteiger partial charge in [0.1, 0.15) is 0 Å². The summed E-state index contributed by atoms with van der Waals surface area (Å²) in [5, 5.41) is 7.72. The molecule has 1 N–H and O–H groups in total. The van der Waals surface area contributed by atoms with Crippen molar-refractivity contribution in [2.45, 2.75) is 32.4 Å². The number of aromatic nitrogens is 2. The normalized spacial score (nSPS) is 14.3. The van der Waals surface area contributed by atoms with E-state index >= 15 is 0 Å². The first kappa shape index (κ1) is 13.9. The minimum atomic E-state index is 0.337. The van der Waals surface area contributed by atoms with Gasteiger partial charge in [-0.05, 0) is 43.5 Å². The van der Waals surface area contributed by atoms with Crippen LogP contribution in [-0.2, 0) is 13.0 Å². The molecule has 1 unspecified atom stereocenters. The SMILES string of the molecule is CC(CCc1ccc2c(c1)OCO2)NCCn1cccn1. The summed E-state index contributed by atoms with van der Waals surface area (Å²) in [7, 11) is 0. The molecule has 1 aromatic heterocycles. The summed E-state index contributed by atoms with van der Waals surface area (Å²) in [4.78, 5) is 0. The van der Waals surface area contributed by atoms with Crippen molar-refractivity contribution in [1.82, 2.24) is 15.1 Å². The predicted octanol–water partition coefficient (Wildman–Crippen LogP) is 2.22. The summed E-state index contributed by atoms with van der Waals surface area (Å²) >= 11 is 0. The summed E-state index contributed by atoms with van der Waals surface area (Å²) in [5.74, 6) is 1.72. The fraction of sp³-hybridized carbons (Fsp3) is 0.438. The first-order chi connectivity index (χ1) is 10.3. The molecule has 1 aromatic carbocycles. The Labute approximate surface area is 124 Å². The van der Waals surface area contributed by atoms with E-state index in [1.165, 1.54) is 5.56 Å². The van der Waals surface area contributed by atoms with Crippen molar-refractivity contribution in [1.29, 1.82) is 0 Å². The maximum atomic E-state index is 5.40. The molecule has 5 nitrogen and oxygen atoms in total. The number of benzene rings is 1. The Bertz CT molecular complexity index is 569. The van der Waals surface area contributed by atoms with E-state index in [9.17, 15) is 0 Å². The van der Waals surface area contributed by atoms with E-state index in [0.29, 0.717) is 12.8 Å². The standard InChI is InChI=1S/C16H21N3O2/c1-13(17-8-10-19-9-2-7-18-19)3-4-14-5-6-15-16(11-14)21-12-20-15/h2,5-7,9,11,13,17H,3-4,8,10,12H2,1H3. The lowest BCUT2D eigenvalue weighted by atomic mass is 10.1.